The average molecular weight is 126 g/mol. The molecule has 0 nitrogen and oxygen atoms in total. The first-order valence-electron chi connectivity index (χ1n) is 3.40. The standard InChI is InChI=1S/C5H10.C4H8/c1-4-5(2)3;1-3-4-2/h2,4H2,1,3H3;3-4H,1-2H3. The van der Waals surface area contributed by atoms with E-state index in [9.17, 15) is 0 Å². The molecule has 0 aliphatic heterocycles. The van der Waals surface area contributed by atoms with Gasteiger partial charge in [-0.05, 0) is 27.2 Å². The van der Waals surface area contributed by atoms with Crippen molar-refractivity contribution in [2.24, 2.45) is 0 Å². The lowest BCUT2D eigenvalue weighted by molar-refractivity contribution is 1.11. The van der Waals surface area contributed by atoms with E-state index in [2.05, 4.69) is 13.5 Å². The highest BCUT2D eigenvalue weighted by molar-refractivity contribution is 4.84. The van der Waals surface area contributed by atoms with Crippen LogP contribution in [0.3, 0.4) is 0 Å². The second-order valence-electron chi connectivity index (χ2n) is 1.98. The van der Waals surface area contributed by atoms with Gasteiger partial charge in [-0.3, -0.25) is 0 Å². The minimum Gasteiger partial charge on any atom is -0.100 e. The van der Waals surface area contributed by atoms with E-state index in [1.807, 2.05) is 32.9 Å². The maximum absolute atomic E-state index is 3.67. The van der Waals surface area contributed by atoms with Crippen LogP contribution in [-0.2, 0) is 0 Å². The molecule has 0 atom stereocenters. The molecule has 0 saturated carbocycles. The summed E-state index contributed by atoms with van der Waals surface area (Å²) in [5.74, 6) is 0. The minimum absolute atomic E-state index is 1.11. The van der Waals surface area contributed by atoms with E-state index >= 15 is 0 Å². The number of allylic oxidation sites excluding steroid dienone is 3. The molecule has 0 radical (unpaired) electrons. The van der Waals surface area contributed by atoms with Crippen LogP contribution in [-0.4, -0.2) is 0 Å². The SMILES string of the molecule is C=C(C)CC.CC=CC. The zero-order valence-electron chi connectivity index (χ0n) is 7.07. The molecule has 0 bridgehead atoms. The monoisotopic (exact) mass is 126 g/mol. The van der Waals surface area contributed by atoms with Crippen molar-refractivity contribution in [1.82, 2.24) is 0 Å². The highest BCUT2D eigenvalue weighted by Crippen LogP contribution is 1.88. The molecule has 0 aromatic heterocycles. The molecule has 54 valence electrons. The Bertz CT molecular complexity index is 74.0. The van der Waals surface area contributed by atoms with Crippen molar-refractivity contribution in [3.05, 3.63) is 24.3 Å². The van der Waals surface area contributed by atoms with Crippen molar-refractivity contribution in [1.29, 1.82) is 0 Å². The molecule has 0 spiro atoms. The molecule has 0 aliphatic carbocycles. The predicted octanol–water partition coefficient (Wildman–Crippen LogP) is 3.55. The van der Waals surface area contributed by atoms with E-state index in [4.69, 9.17) is 0 Å². The topological polar surface area (TPSA) is 0 Å². The maximum Gasteiger partial charge on any atom is -0.0354 e. The van der Waals surface area contributed by atoms with Crippen molar-refractivity contribution in [2.75, 3.05) is 0 Å². The molecular weight excluding hydrogens is 108 g/mol. The van der Waals surface area contributed by atoms with Crippen molar-refractivity contribution >= 4 is 0 Å². The smallest absolute Gasteiger partial charge is 0.0354 e. The molecule has 0 aromatic carbocycles. The Balaban J connectivity index is 0. The molecule has 0 aliphatic rings. The van der Waals surface area contributed by atoms with Gasteiger partial charge in [-0.25, -0.2) is 0 Å². The van der Waals surface area contributed by atoms with Crippen molar-refractivity contribution in [2.45, 2.75) is 34.1 Å². The Labute approximate surface area is 59.3 Å². The molecule has 0 fully saturated rings. The van der Waals surface area contributed by atoms with E-state index in [-0.39, 0.29) is 0 Å². The first kappa shape index (κ1) is 11.3. The first-order chi connectivity index (χ1) is 4.18. The van der Waals surface area contributed by atoms with Crippen LogP contribution in [0.1, 0.15) is 34.1 Å². The van der Waals surface area contributed by atoms with E-state index in [0.717, 1.165) is 6.42 Å². The van der Waals surface area contributed by atoms with Gasteiger partial charge in [0.2, 0.25) is 0 Å². The second-order valence-corrected chi connectivity index (χ2v) is 1.98. The minimum atomic E-state index is 1.11. The summed E-state index contributed by atoms with van der Waals surface area (Å²) in [7, 11) is 0. The van der Waals surface area contributed by atoms with Crippen molar-refractivity contribution in [3.63, 3.8) is 0 Å². The summed E-state index contributed by atoms with van der Waals surface area (Å²) in [6, 6.07) is 0. The van der Waals surface area contributed by atoms with E-state index in [1.165, 1.54) is 5.57 Å². The fourth-order valence-electron chi connectivity index (χ4n) is 0. The Morgan fingerprint density at radius 3 is 1.56 bits per heavy atom. The number of rotatable bonds is 1. The van der Waals surface area contributed by atoms with Gasteiger partial charge in [-0.1, -0.05) is 24.6 Å². The molecule has 0 rings (SSSR count). The highest BCUT2D eigenvalue weighted by Gasteiger charge is 1.67. The van der Waals surface area contributed by atoms with Crippen LogP contribution >= 0.6 is 0 Å². The fraction of sp³-hybridized carbons (Fsp3) is 0.556. The summed E-state index contributed by atoms with van der Waals surface area (Å²) < 4.78 is 0. The normalized spacial score (nSPS) is 8.44. The summed E-state index contributed by atoms with van der Waals surface area (Å²) in [5, 5.41) is 0. The van der Waals surface area contributed by atoms with Crippen LogP contribution in [0.25, 0.3) is 0 Å². The molecule has 0 aromatic rings. The molecule has 9 heavy (non-hydrogen) atoms. The van der Waals surface area contributed by atoms with Gasteiger partial charge in [0, 0.05) is 0 Å². The van der Waals surface area contributed by atoms with Crippen LogP contribution in [0.15, 0.2) is 24.3 Å². The van der Waals surface area contributed by atoms with Gasteiger partial charge in [0.15, 0.2) is 0 Å². The lowest BCUT2D eigenvalue weighted by Gasteiger charge is -1.79. The fourth-order valence-corrected chi connectivity index (χ4v) is 0. The Kier molecular flexibility index (Phi) is 13.1. The Morgan fingerprint density at radius 2 is 1.56 bits per heavy atom. The third-order valence-corrected chi connectivity index (χ3v) is 0.937. The number of hydrogen-bond acceptors (Lipinski definition) is 0. The zero-order chi connectivity index (χ0) is 7.70. The number of hydrogen-bond donors (Lipinski definition) is 0. The molecular formula is C9H18. The summed E-state index contributed by atoms with van der Waals surface area (Å²) in [5.41, 5.74) is 1.25. The summed E-state index contributed by atoms with van der Waals surface area (Å²) in [6.07, 6.45) is 5.11. The van der Waals surface area contributed by atoms with Gasteiger partial charge < -0.3 is 0 Å². The first-order valence-corrected chi connectivity index (χ1v) is 3.40. The molecule has 0 amide bonds. The predicted molar refractivity (Wildman–Crippen MR) is 45.6 cm³/mol. The summed E-state index contributed by atoms with van der Waals surface area (Å²) in [4.78, 5) is 0. The molecule has 0 saturated heterocycles. The van der Waals surface area contributed by atoms with Gasteiger partial charge >= 0.3 is 0 Å². The zero-order valence-corrected chi connectivity index (χ0v) is 7.07. The van der Waals surface area contributed by atoms with E-state index in [1.54, 1.807) is 0 Å². The largest absolute Gasteiger partial charge is 0.100 e. The van der Waals surface area contributed by atoms with E-state index < -0.39 is 0 Å². The van der Waals surface area contributed by atoms with Gasteiger partial charge in [-0.2, -0.15) is 0 Å². The summed E-state index contributed by atoms with van der Waals surface area (Å²) in [6.45, 7) is 11.8. The third kappa shape index (κ3) is 36.5. The van der Waals surface area contributed by atoms with Crippen LogP contribution in [0.5, 0.6) is 0 Å². The Morgan fingerprint density at radius 1 is 1.33 bits per heavy atom. The van der Waals surface area contributed by atoms with Crippen molar-refractivity contribution in [3.8, 4) is 0 Å². The maximum atomic E-state index is 3.67. The lowest BCUT2D eigenvalue weighted by atomic mass is 10.3. The van der Waals surface area contributed by atoms with Gasteiger partial charge in [-0.15, -0.1) is 6.58 Å². The molecule has 0 unspecified atom stereocenters. The van der Waals surface area contributed by atoms with Gasteiger partial charge in [0.25, 0.3) is 0 Å². The molecule has 0 heterocycles. The van der Waals surface area contributed by atoms with Gasteiger partial charge in [0.1, 0.15) is 0 Å². The van der Waals surface area contributed by atoms with Crippen molar-refractivity contribution < 1.29 is 0 Å². The highest BCUT2D eigenvalue weighted by atomic mass is 13.7. The van der Waals surface area contributed by atoms with Crippen LogP contribution in [0.4, 0.5) is 0 Å². The average Bonchev–Trinajstić information content (AvgIpc) is 1.89. The van der Waals surface area contributed by atoms with Crippen LogP contribution < -0.4 is 0 Å². The third-order valence-electron chi connectivity index (χ3n) is 0.937. The van der Waals surface area contributed by atoms with Gasteiger partial charge in [0.05, 0.1) is 0 Å². The van der Waals surface area contributed by atoms with E-state index in [0.29, 0.717) is 0 Å². The quantitative estimate of drug-likeness (QED) is 0.471. The molecule has 0 N–H and O–H groups in total. The lowest BCUT2D eigenvalue weighted by Crippen LogP contribution is -1.58. The molecule has 0 heteroatoms. The van der Waals surface area contributed by atoms with Crippen LogP contribution in [0.2, 0.25) is 0 Å². The second kappa shape index (κ2) is 10.5. The van der Waals surface area contributed by atoms with Crippen LogP contribution in [0, 0.1) is 0 Å². The Hall–Kier alpha value is -0.520. The summed E-state index contributed by atoms with van der Waals surface area (Å²) >= 11 is 0.